The number of nitrogens with one attached hydrogen (secondary N) is 2. The zero-order valence-corrected chi connectivity index (χ0v) is 21.7. The lowest BCUT2D eigenvalue weighted by Gasteiger charge is -2.28. The molecule has 0 aliphatic carbocycles. The van der Waals surface area contributed by atoms with Gasteiger partial charge in [-0.2, -0.15) is 13.2 Å². The number of aromatic nitrogens is 2. The normalized spacial score (nSPS) is 14.9. The summed E-state index contributed by atoms with van der Waals surface area (Å²) in [4.78, 5) is 26.0. The van der Waals surface area contributed by atoms with Gasteiger partial charge in [0.15, 0.2) is 0 Å². The number of rotatable bonds is 8. The lowest BCUT2D eigenvalue weighted by Crippen LogP contribution is -2.36. The van der Waals surface area contributed by atoms with E-state index in [2.05, 4.69) is 15.6 Å². The van der Waals surface area contributed by atoms with Crippen molar-refractivity contribution in [1.82, 2.24) is 20.2 Å². The number of carbonyl (C=O) groups excluding carboxylic acids is 1. The smallest absolute Gasteiger partial charge is 0.378 e. The van der Waals surface area contributed by atoms with E-state index in [9.17, 15) is 26.7 Å². The second kappa shape index (κ2) is 11.7. The molecule has 0 spiro atoms. The summed E-state index contributed by atoms with van der Waals surface area (Å²) in [5.41, 5.74) is -0.470. The molecule has 4 rings (SSSR count). The number of likely N-dealkylation sites (N-methyl/N-ethyl adjacent to an activating group) is 2. The molecule has 39 heavy (non-hydrogen) atoms. The van der Waals surface area contributed by atoms with Crippen LogP contribution in [0.5, 0.6) is 0 Å². The Hall–Kier alpha value is -3.58. The van der Waals surface area contributed by atoms with E-state index < -0.39 is 29.4 Å². The summed E-state index contributed by atoms with van der Waals surface area (Å²) in [6.45, 7) is 4.96. The predicted molar refractivity (Wildman–Crippen MR) is 137 cm³/mol. The first-order valence-electron chi connectivity index (χ1n) is 12.4. The fourth-order valence-corrected chi connectivity index (χ4v) is 4.39. The quantitative estimate of drug-likeness (QED) is 0.405. The average Bonchev–Trinajstić information content (AvgIpc) is 2.89. The first-order valence-corrected chi connectivity index (χ1v) is 12.4. The van der Waals surface area contributed by atoms with Crippen molar-refractivity contribution in [2.75, 3.05) is 63.7 Å². The van der Waals surface area contributed by atoms with E-state index in [1.807, 2.05) is 4.90 Å². The van der Waals surface area contributed by atoms with E-state index in [1.54, 1.807) is 39.3 Å². The monoisotopic (exact) mass is 552 g/mol. The molecule has 1 saturated heterocycles. The van der Waals surface area contributed by atoms with Crippen LogP contribution in [-0.4, -0.2) is 74.3 Å². The Bertz CT molecular complexity index is 1320. The van der Waals surface area contributed by atoms with Crippen molar-refractivity contribution in [3.63, 3.8) is 0 Å². The van der Waals surface area contributed by atoms with Crippen LogP contribution in [0.25, 0.3) is 11.0 Å². The molecule has 2 heterocycles. The molecule has 8 nitrogen and oxygen atoms in total. The summed E-state index contributed by atoms with van der Waals surface area (Å²) in [5.74, 6) is -3.14. The van der Waals surface area contributed by atoms with Gasteiger partial charge in [-0.1, -0.05) is 0 Å². The van der Waals surface area contributed by atoms with Gasteiger partial charge in [-0.3, -0.25) is 9.78 Å². The Labute approximate surface area is 222 Å². The SMILES string of the molecule is CNCCN(C)C(=O)c1cc(C(C)Nc2cc(F)c(C(F)(F)F)c(F)c2)c2nc(N3CCOCC3)cnc2c1. The Morgan fingerprint density at radius 3 is 2.44 bits per heavy atom. The molecule has 0 bridgehead atoms. The highest BCUT2D eigenvalue weighted by Gasteiger charge is 2.38. The first-order chi connectivity index (χ1) is 18.5. The van der Waals surface area contributed by atoms with Gasteiger partial charge in [0.25, 0.3) is 5.91 Å². The number of halogens is 5. The maximum absolute atomic E-state index is 14.2. The van der Waals surface area contributed by atoms with Crippen molar-refractivity contribution in [3.8, 4) is 0 Å². The number of ether oxygens (including phenoxy) is 1. The number of morpholine rings is 1. The van der Waals surface area contributed by atoms with E-state index in [-0.39, 0.29) is 11.6 Å². The van der Waals surface area contributed by atoms with Crippen LogP contribution in [0, 0.1) is 11.6 Å². The molecular formula is C26H29F5N6O2. The number of hydrogen-bond donors (Lipinski definition) is 2. The van der Waals surface area contributed by atoms with Crippen LogP contribution in [-0.2, 0) is 10.9 Å². The fraction of sp³-hybridized carbons (Fsp3) is 0.423. The molecule has 1 unspecified atom stereocenters. The van der Waals surface area contributed by atoms with Gasteiger partial charge < -0.3 is 25.2 Å². The number of alkyl halides is 3. The average molecular weight is 553 g/mol. The Morgan fingerprint density at radius 1 is 1.15 bits per heavy atom. The number of amides is 1. The van der Waals surface area contributed by atoms with Gasteiger partial charge in [0.1, 0.15) is 23.0 Å². The molecule has 0 saturated carbocycles. The number of nitrogens with zero attached hydrogens (tertiary/aromatic N) is 4. The topological polar surface area (TPSA) is 82.6 Å². The highest BCUT2D eigenvalue weighted by molar-refractivity contribution is 5.98. The highest BCUT2D eigenvalue weighted by Crippen LogP contribution is 2.36. The first kappa shape index (κ1) is 28.4. The third-order valence-electron chi connectivity index (χ3n) is 6.47. The van der Waals surface area contributed by atoms with Gasteiger partial charge >= 0.3 is 6.18 Å². The molecule has 1 aliphatic heterocycles. The maximum Gasteiger partial charge on any atom is 0.422 e. The zero-order valence-electron chi connectivity index (χ0n) is 21.7. The third-order valence-corrected chi connectivity index (χ3v) is 6.47. The van der Waals surface area contributed by atoms with Gasteiger partial charge in [0.2, 0.25) is 0 Å². The van der Waals surface area contributed by atoms with Crippen LogP contribution in [0.3, 0.4) is 0 Å². The van der Waals surface area contributed by atoms with Gasteiger partial charge in [-0.05, 0) is 38.2 Å². The van der Waals surface area contributed by atoms with Crippen molar-refractivity contribution in [2.45, 2.75) is 19.1 Å². The van der Waals surface area contributed by atoms with E-state index in [0.29, 0.717) is 79.5 Å². The number of anilines is 2. The van der Waals surface area contributed by atoms with Crippen molar-refractivity contribution in [3.05, 3.63) is 58.8 Å². The summed E-state index contributed by atoms with van der Waals surface area (Å²) >= 11 is 0. The molecule has 1 aliphatic rings. The minimum absolute atomic E-state index is 0.196. The lowest BCUT2D eigenvalue weighted by molar-refractivity contribution is -0.142. The second-order valence-electron chi connectivity index (χ2n) is 9.27. The number of fused-ring (bicyclic) bond motifs is 1. The number of hydrogen-bond acceptors (Lipinski definition) is 7. The molecule has 2 aromatic carbocycles. The molecule has 13 heteroatoms. The van der Waals surface area contributed by atoms with Crippen LogP contribution >= 0.6 is 0 Å². The molecule has 1 aromatic heterocycles. The molecule has 2 N–H and O–H groups in total. The zero-order chi connectivity index (χ0) is 28.3. The molecule has 1 atom stereocenters. The summed E-state index contributed by atoms with van der Waals surface area (Å²) in [6.07, 6.45) is -3.57. The Morgan fingerprint density at radius 2 is 1.82 bits per heavy atom. The van der Waals surface area contributed by atoms with Crippen LogP contribution in [0.1, 0.15) is 34.5 Å². The van der Waals surface area contributed by atoms with Gasteiger partial charge in [0, 0.05) is 50.0 Å². The van der Waals surface area contributed by atoms with Crippen LogP contribution in [0.2, 0.25) is 0 Å². The van der Waals surface area contributed by atoms with Gasteiger partial charge in [0.05, 0.1) is 36.5 Å². The van der Waals surface area contributed by atoms with Crippen molar-refractivity contribution >= 4 is 28.4 Å². The van der Waals surface area contributed by atoms with Crippen molar-refractivity contribution < 1.29 is 31.5 Å². The number of benzene rings is 2. The molecule has 210 valence electrons. The van der Waals surface area contributed by atoms with Crippen molar-refractivity contribution in [1.29, 1.82) is 0 Å². The third kappa shape index (κ3) is 6.36. The minimum atomic E-state index is -5.17. The highest BCUT2D eigenvalue weighted by atomic mass is 19.4. The van der Waals surface area contributed by atoms with Crippen LogP contribution < -0.4 is 15.5 Å². The summed E-state index contributed by atoms with van der Waals surface area (Å²) in [6, 6.07) is 3.71. The summed E-state index contributed by atoms with van der Waals surface area (Å²) < 4.78 is 73.0. The molecule has 1 fully saturated rings. The fourth-order valence-electron chi connectivity index (χ4n) is 4.39. The van der Waals surface area contributed by atoms with Gasteiger partial charge in [-0.25, -0.2) is 13.8 Å². The van der Waals surface area contributed by atoms with Gasteiger partial charge in [-0.15, -0.1) is 0 Å². The van der Waals surface area contributed by atoms with Crippen LogP contribution in [0.15, 0.2) is 30.5 Å². The summed E-state index contributed by atoms with van der Waals surface area (Å²) in [7, 11) is 3.43. The Balaban J connectivity index is 1.75. The number of carbonyl (C=O) groups is 1. The van der Waals surface area contributed by atoms with E-state index in [1.165, 1.54) is 4.90 Å². The van der Waals surface area contributed by atoms with E-state index >= 15 is 0 Å². The van der Waals surface area contributed by atoms with E-state index in [4.69, 9.17) is 9.72 Å². The lowest BCUT2D eigenvalue weighted by atomic mass is 10.0. The predicted octanol–water partition coefficient (Wildman–Crippen LogP) is 4.23. The van der Waals surface area contributed by atoms with Crippen LogP contribution in [0.4, 0.5) is 33.5 Å². The van der Waals surface area contributed by atoms with Crippen molar-refractivity contribution in [2.24, 2.45) is 0 Å². The standard InChI is InChI=1S/C26H29F5N6O2/c1-15(34-17-12-19(27)23(20(28)13-17)26(29,30)31)18-10-16(25(38)36(3)5-4-32-2)11-21-24(18)35-22(14-33-21)37-6-8-39-9-7-37/h10-15,32,34H,4-9H2,1-3H3. The van der Waals surface area contributed by atoms with E-state index in [0.717, 1.165) is 0 Å². The minimum Gasteiger partial charge on any atom is -0.378 e. The Kier molecular flexibility index (Phi) is 8.50. The maximum atomic E-state index is 14.2. The largest absolute Gasteiger partial charge is 0.422 e. The molecule has 0 radical (unpaired) electrons. The second-order valence-corrected chi connectivity index (χ2v) is 9.27. The molecule has 3 aromatic rings. The molecular weight excluding hydrogens is 523 g/mol. The summed E-state index contributed by atoms with van der Waals surface area (Å²) in [5, 5.41) is 5.84. The molecule has 1 amide bonds.